The molecule has 2 heterocycles. The first-order valence-electron chi connectivity index (χ1n) is 8.63. The van der Waals surface area contributed by atoms with Crippen LogP contribution in [0.4, 0.5) is 0 Å². The second kappa shape index (κ2) is 10.5. The van der Waals surface area contributed by atoms with Crippen LogP contribution in [0.5, 0.6) is 0 Å². The van der Waals surface area contributed by atoms with Crippen molar-refractivity contribution in [1.29, 1.82) is 0 Å². The first-order valence-corrected chi connectivity index (χ1v) is 8.63. The summed E-state index contributed by atoms with van der Waals surface area (Å²) < 4.78 is 10.2. The van der Waals surface area contributed by atoms with E-state index >= 15 is 0 Å². The van der Waals surface area contributed by atoms with Crippen LogP contribution in [0.2, 0.25) is 0 Å². The predicted molar refractivity (Wildman–Crippen MR) is 103 cm³/mol. The van der Waals surface area contributed by atoms with Crippen LogP contribution >= 0.6 is 12.4 Å². The number of aryl methyl sites for hydroxylation is 1. The van der Waals surface area contributed by atoms with Crippen LogP contribution in [0.25, 0.3) is 11.4 Å². The summed E-state index contributed by atoms with van der Waals surface area (Å²) in [5.41, 5.74) is 7.60. The fourth-order valence-electron chi connectivity index (χ4n) is 2.66. The Morgan fingerprint density at radius 1 is 1.11 bits per heavy atom. The Morgan fingerprint density at radius 3 is 2.63 bits per heavy atom. The molecule has 0 aliphatic heterocycles. The molecule has 0 aliphatic rings. The summed E-state index contributed by atoms with van der Waals surface area (Å²) >= 11 is 0. The van der Waals surface area contributed by atoms with Crippen molar-refractivity contribution in [2.24, 2.45) is 5.73 Å². The lowest BCUT2D eigenvalue weighted by Crippen LogP contribution is -2.37. The summed E-state index contributed by atoms with van der Waals surface area (Å²) in [6.45, 7) is 1.62. The minimum Gasteiger partial charge on any atom is -0.472 e. The summed E-state index contributed by atoms with van der Waals surface area (Å²) in [6, 6.07) is 11.8. The molecule has 144 valence electrons. The quantitative estimate of drug-likeness (QED) is 0.603. The number of aromatic nitrogens is 2. The van der Waals surface area contributed by atoms with Crippen molar-refractivity contribution < 1.29 is 13.7 Å². The average molecular weight is 391 g/mol. The molecule has 0 spiro atoms. The first kappa shape index (κ1) is 20.7. The topological polar surface area (TPSA) is 98.4 Å². The van der Waals surface area contributed by atoms with E-state index in [9.17, 15) is 4.79 Å². The van der Waals surface area contributed by atoms with E-state index in [1.165, 1.54) is 5.56 Å². The number of amides is 1. The molecule has 0 saturated carbocycles. The molecule has 0 unspecified atom stereocenters. The van der Waals surface area contributed by atoms with Crippen LogP contribution in [-0.4, -0.2) is 40.6 Å². The van der Waals surface area contributed by atoms with E-state index in [-0.39, 0.29) is 18.3 Å². The third kappa shape index (κ3) is 5.94. The number of hydrogen-bond acceptors (Lipinski definition) is 6. The van der Waals surface area contributed by atoms with Crippen LogP contribution < -0.4 is 5.73 Å². The Labute approximate surface area is 163 Å². The van der Waals surface area contributed by atoms with Crippen molar-refractivity contribution in [3.05, 3.63) is 60.4 Å². The average Bonchev–Trinajstić information content (AvgIpc) is 3.35. The van der Waals surface area contributed by atoms with Gasteiger partial charge in [0.15, 0.2) is 0 Å². The maximum atomic E-state index is 12.5. The smallest absolute Gasteiger partial charge is 0.227 e. The van der Waals surface area contributed by atoms with Crippen LogP contribution in [-0.2, 0) is 17.6 Å². The normalized spacial score (nSPS) is 10.4. The van der Waals surface area contributed by atoms with E-state index in [2.05, 4.69) is 22.3 Å². The maximum absolute atomic E-state index is 12.5. The summed E-state index contributed by atoms with van der Waals surface area (Å²) in [4.78, 5) is 18.6. The number of nitrogens with two attached hydrogens (primary N) is 1. The van der Waals surface area contributed by atoms with E-state index in [1.807, 2.05) is 18.2 Å². The van der Waals surface area contributed by atoms with Gasteiger partial charge in [-0.3, -0.25) is 4.79 Å². The monoisotopic (exact) mass is 390 g/mol. The molecule has 2 aromatic heterocycles. The van der Waals surface area contributed by atoms with Crippen molar-refractivity contribution in [1.82, 2.24) is 15.0 Å². The molecule has 1 aromatic carbocycles. The molecule has 8 heteroatoms. The molecule has 27 heavy (non-hydrogen) atoms. The second-order valence-corrected chi connectivity index (χ2v) is 5.93. The molecule has 3 rings (SSSR count). The third-order valence-electron chi connectivity index (χ3n) is 4.07. The highest BCUT2D eigenvalue weighted by Gasteiger charge is 2.16. The van der Waals surface area contributed by atoms with Gasteiger partial charge < -0.3 is 19.6 Å². The number of carbonyl (C=O) groups excluding carboxylic acids is 1. The Morgan fingerprint density at radius 2 is 1.93 bits per heavy atom. The van der Waals surface area contributed by atoms with Gasteiger partial charge >= 0.3 is 0 Å². The van der Waals surface area contributed by atoms with Crippen LogP contribution in [0.1, 0.15) is 17.9 Å². The van der Waals surface area contributed by atoms with Gasteiger partial charge in [0.25, 0.3) is 0 Å². The summed E-state index contributed by atoms with van der Waals surface area (Å²) in [7, 11) is 0. The van der Waals surface area contributed by atoms with Gasteiger partial charge in [-0.1, -0.05) is 35.5 Å². The van der Waals surface area contributed by atoms with Crippen LogP contribution in [0.3, 0.4) is 0 Å². The molecular weight excluding hydrogens is 368 g/mol. The predicted octanol–water partition coefficient (Wildman–Crippen LogP) is 2.71. The van der Waals surface area contributed by atoms with E-state index in [0.717, 1.165) is 12.0 Å². The van der Waals surface area contributed by atoms with Crippen molar-refractivity contribution in [3.8, 4) is 11.4 Å². The molecule has 0 bridgehead atoms. The third-order valence-corrected chi connectivity index (χ3v) is 4.07. The highest BCUT2D eigenvalue weighted by molar-refractivity contribution is 5.85. The molecular formula is C19H23ClN4O3. The Hall–Kier alpha value is -2.64. The van der Waals surface area contributed by atoms with Crippen molar-refractivity contribution in [2.75, 3.05) is 19.6 Å². The zero-order valence-corrected chi connectivity index (χ0v) is 15.7. The van der Waals surface area contributed by atoms with Gasteiger partial charge in [0.05, 0.1) is 11.8 Å². The fraction of sp³-hybridized carbons (Fsp3) is 0.316. The van der Waals surface area contributed by atoms with Gasteiger partial charge in [0.1, 0.15) is 6.26 Å². The van der Waals surface area contributed by atoms with Crippen LogP contribution in [0.15, 0.2) is 57.9 Å². The molecule has 7 nitrogen and oxygen atoms in total. The largest absolute Gasteiger partial charge is 0.472 e. The number of furan rings is 1. The SMILES string of the molecule is Cl.NCCN(CCc1ccccc1)C(=O)CCc1nc(-c2ccoc2)no1. The minimum absolute atomic E-state index is 0. The summed E-state index contributed by atoms with van der Waals surface area (Å²) in [5, 5.41) is 3.90. The summed E-state index contributed by atoms with van der Waals surface area (Å²) in [6.07, 6.45) is 4.61. The number of rotatable bonds is 9. The van der Waals surface area contributed by atoms with E-state index < -0.39 is 0 Å². The van der Waals surface area contributed by atoms with Crippen molar-refractivity contribution in [3.63, 3.8) is 0 Å². The second-order valence-electron chi connectivity index (χ2n) is 5.93. The highest BCUT2D eigenvalue weighted by Crippen LogP contribution is 2.16. The number of halogens is 1. The Bertz CT molecular complexity index is 805. The Balaban J connectivity index is 0.00000261. The van der Waals surface area contributed by atoms with Gasteiger partial charge in [-0.25, -0.2) is 0 Å². The highest BCUT2D eigenvalue weighted by atomic mass is 35.5. The molecule has 3 aromatic rings. The lowest BCUT2D eigenvalue weighted by atomic mass is 10.1. The molecule has 2 N–H and O–H groups in total. The van der Waals surface area contributed by atoms with Crippen molar-refractivity contribution >= 4 is 18.3 Å². The van der Waals surface area contributed by atoms with E-state index in [1.54, 1.807) is 23.5 Å². The molecule has 0 radical (unpaired) electrons. The van der Waals surface area contributed by atoms with Crippen LogP contribution in [0, 0.1) is 0 Å². The van der Waals surface area contributed by atoms with E-state index in [0.29, 0.717) is 44.2 Å². The Kier molecular flexibility index (Phi) is 8.03. The minimum atomic E-state index is 0. The molecule has 0 aliphatic carbocycles. The lowest BCUT2D eigenvalue weighted by molar-refractivity contribution is -0.131. The first-order chi connectivity index (χ1) is 12.8. The van der Waals surface area contributed by atoms with Gasteiger partial charge in [0, 0.05) is 32.5 Å². The van der Waals surface area contributed by atoms with Gasteiger partial charge in [-0.05, 0) is 18.1 Å². The molecule has 0 atom stereocenters. The molecule has 0 saturated heterocycles. The van der Waals surface area contributed by atoms with Crippen molar-refractivity contribution in [2.45, 2.75) is 19.3 Å². The van der Waals surface area contributed by atoms with Gasteiger partial charge in [-0.2, -0.15) is 4.98 Å². The van der Waals surface area contributed by atoms with E-state index in [4.69, 9.17) is 14.7 Å². The lowest BCUT2D eigenvalue weighted by Gasteiger charge is -2.22. The molecule has 1 amide bonds. The number of carbonyl (C=O) groups is 1. The molecule has 0 fully saturated rings. The zero-order valence-electron chi connectivity index (χ0n) is 14.9. The summed E-state index contributed by atoms with van der Waals surface area (Å²) in [5.74, 6) is 0.934. The standard InChI is InChI=1S/C19H22N4O3.ClH/c20-10-12-23(11-8-15-4-2-1-3-5-15)18(24)7-6-17-21-19(22-26-17)16-9-13-25-14-16;/h1-5,9,13-14H,6-8,10-12,20H2;1H. The number of nitrogens with zero attached hydrogens (tertiary/aromatic N) is 3. The van der Waals surface area contributed by atoms with Gasteiger partial charge in [0.2, 0.25) is 17.6 Å². The zero-order chi connectivity index (χ0) is 18.2. The number of benzene rings is 1. The maximum Gasteiger partial charge on any atom is 0.227 e. The fourth-order valence-corrected chi connectivity index (χ4v) is 2.66. The van der Waals surface area contributed by atoms with Gasteiger partial charge in [-0.15, -0.1) is 12.4 Å². The number of hydrogen-bond donors (Lipinski definition) is 1.